The second kappa shape index (κ2) is 9.94. The zero-order valence-corrected chi connectivity index (χ0v) is 22.9. The molecule has 0 saturated carbocycles. The maximum Gasteiger partial charge on any atom is 0.307 e. The molecule has 5 nitrogen and oxygen atoms in total. The van der Waals surface area contributed by atoms with Gasteiger partial charge in [-0.1, -0.05) is 41.5 Å². The van der Waals surface area contributed by atoms with Gasteiger partial charge in [-0.3, -0.25) is 4.79 Å². The van der Waals surface area contributed by atoms with E-state index in [4.69, 9.17) is 13.6 Å². The molecule has 172 valence electrons. The molecule has 1 fully saturated rings. The number of rotatable bonds is 8. The zero-order chi connectivity index (χ0) is 22.7. The van der Waals surface area contributed by atoms with E-state index in [0.717, 1.165) is 12.8 Å². The van der Waals surface area contributed by atoms with Gasteiger partial charge in [-0.25, -0.2) is 0 Å². The molecule has 1 aliphatic rings. The van der Waals surface area contributed by atoms with Gasteiger partial charge < -0.3 is 18.9 Å². The average molecular weight is 446 g/mol. The quantitative estimate of drug-likeness (QED) is 0.396. The van der Waals surface area contributed by atoms with Crippen LogP contribution in [-0.4, -0.2) is 54.0 Å². The summed E-state index contributed by atoms with van der Waals surface area (Å²) < 4.78 is 18.5. The van der Waals surface area contributed by atoms with Crippen LogP contribution in [0.1, 0.15) is 67.7 Å². The van der Waals surface area contributed by atoms with Crippen molar-refractivity contribution >= 4 is 22.6 Å². The van der Waals surface area contributed by atoms with Crippen molar-refractivity contribution in [1.82, 2.24) is 5.32 Å². The van der Waals surface area contributed by atoms with Gasteiger partial charge in [0.15, 0.2) is 16.6 Å². The summed E-state index contributed by atoms with van der Waals surface area (Å²) in [5, 5.41) is 4.02. The van der Waals surface area contributed by atoms with E-state index in [1.165, 1.54) is 0 Å². The van der Waals surface area contributed by atoms with Gasteiger partial charge in [0.1, 0.15) is 0 Å². The number of hydrogen-bond acceptors (Lipinski definition) is 5. The van der Waals surface area contributed by atoms with Crippen molar-refractivity contribution in [3.05, 3.63) is 0 Å². The number of carbonyl (C=O) groups excluding carboxylic acids is 1. The van der Waals surface area contributed by atoms with Gasteiger partial charge in [0.05, 0.1) is 31.8 Å². The number of hydrogen-bond donors (Lipinski definition) is 1. The highest BCUT2D eigenvalue weighted by molar-refractivity contribution is 6.74. The van der Waals surface area contributed by atoms with E-state index in [-0.39, 0.29) is 34.2 Å². The molecular weight excluding hydrogens is 398 g/mol. The minimum atomic E-state index is -1.89. The lowest BCUT2D eigenvalue weighted by Gasteiger charge is -2.46. The summed E-state index contributed by atoms with van der Waals surface area (Å²) in [6, 6.07) is 0.229. The van der Waals surface area contributed by atoms with Crippen molar-refractivity contribution in [2.45, 2.75) is 122 Å². The molecule has 0 aromatic rings. The van der Waals surface area contributed by atoms with Gasteiger partial charge in [-0.05, 0) is 56.0 Å². The van der Waals surface area contributed by atoms with Crippen LogP contribution in [0.25, 0.3) is 0 Å². The first-order valence-electron chi connectivity index (χ1n) is 11.2. The van der Waals surface area contributed by atoms with E-state index >= 15 is 0 Å². The summed E-state index contributed by atoms with van der Waals surface area (Å²) in [6.45, 7) is 25.7. The second-order valence-electron chi connectivity index (χ2n) is 11.5. The van der Waals surface area contributed by atoms with Gasteiger partial charge in [0, 0.05) is 6.04 Å². The van der Waals surface area contributed by atoms with Crippen LogP contribution >= 0.6 is 0 Å². The van der Waals surface area contributed by atoms with Crippen molar-refractivity contribution < 1.29 is 18.4 Å². The van der Waals surface area contributed by atoms with Gasteiger partial charge >= 0.3 is 5.97 Å². The number of carbonyl (C=O) groups is 1. The van der Waals surface area contributed by atoms with E-state index in [9.17, 15) is 4.79 Å². The molecule has 0 unspecified atom stereocenters. The van der Waals surface area contributed by atoms with Gasteiger partial charge in [0.2, 0.25) is 0 Å². The lowest BCUT2D eigenvalue weighted by Crippen LogP contribution is -2.59. The van der Waals surface area contributed by atoms with Crippen LogP contribution in [0.15, 0.2) is 0 Å². The Labute approximate surface area is 181 Å². The maximum absolute atomic E-state index is 12.0. The summed E-state index contributed by atoms with van der Waals surface area (Å²) >= 11 is 0. The molecule has 0 bridgehead atoms. The normalized spacial score (nSPS) is 24.4. The van der Waals surface area contributed by atoms with Crippen molar-refractivity contribution in [3.63, 3.8) is 0 Å². The predicted octanol–water partition coefficient (Wildman–Crippen LogP) is 5.47. The molecule has 1 N–H and O–H groups in total. The highest BCUT2D eigenvalue weighted by atomic mass is 28.4. The summed E-state index contributed by atoms with van der Waals surface area (Å²) in [6.07, 6.45) is 2.42. The molecule has 3 atom stereocenters. The first-order valence-corrected chi connectivity index (χ1v) is 17.1. The predicted molar refractivity (Wildman–Crippen MR) is 126 cm³/mol. The number of piperidine rings is 1. The Balaban J connectivity index is 2.92. The van der Waals surface area contributed by atoms with Crippen molar-refractivity contribution in [2.24, 2.45) is 0 Å². The molecular formula is C22H47NO4Si2. The Morgan fingerprint density at radius 2 is 1.52 bits per heavy atom. The first kappa shape index (κ1) is 26.8. The molecule has 7 heteroatoms. The smallest absolute Gasteiger partial charge is 0.307 e. The third kappa shape index (κ3) is 7.76. The van der Waals surface area contributed by atoms with Crippen LogP contribution in [0, 0.1) is 0 Å². The lowest BCUT2D eigenvalue weighted by atomic mass is 9.94. The number of esters is 1. The van der Waals surface area contributed by atoms with Gasteiger partial charge in [-0.2, -0.15) is 0 Å². The van der Waals surface area contributed by atoms with Gasteiger partial charge in [0.25, 0.3) is 0 Å². The van der Waals surface area contributed by atoms with Crippen LogP contribution in [0.4, 0.5) is 0 Å². The Hall–Kier alpha value is -0.216. The molecule has 1 aliphatic heterocycles. The van der Waals surface area contributed by atoms with Crippen molar-refractivity contribution in [1.29, 1.82) is 0 Å². The van der Waals surface area contributed by atoms with Gasteiger partial charge in [-0.15, -0.1) is 0 Å². The molecule has 0 aliphatic carbocycles. The topological polar surface area (TPSA) is 56.8 Å². The highest BCUT2D eigenvalue weighted by Gasteiger charge is 2.44. The number of nitrogens with one attached hydrogen (secondary N) is 1. The molecule has 29 heavy (non-hydrogen) atoms. The largest absolute Gasteiger partial charge is 0.466 e. The third-order valence-electron chi connectivity index (χ3n) is 7.10. The molecule has 1 heterocycles. The minimum Gasteiger partial charge on any atom is -0.466 e. The van der Waals surface area contributed by atoms with Crippen LogP contribution in [0.2, 0.25) is 36.3 Å². The maximum atomic E-state index is 12.0. The monoisotopic (exact) mass is 445 g/mol. The van der Waals surface area contributed by atoms with Crippen molar-refractivity contribution in [2.75, 3.05) is 13.2 Å². The fraction of sp³-hybridized carbons (Fsp3) is 0.955. The first-order chi connectivity index (χ1) is 13.0. The standard InChI is InChI=1S/C22H47NO4Si2/c1-12-25-20(24)15-17-13-14-19(27-29(10,11)22(5,6)7)18(23-17)16-26-28(8,9)21(2,3)4/h17-19,23H,12-16H2,1-11H3/t17-,18-,19+/m1/s1. The number of ether oxygens (including phenoxy) is 1. The van der Waals surface area contributed by atoms with E-state index < -0.39 is 16.6 Å². The summed E-state index contributed by atoms with van der Waals surface area (Å²) in [4.78, 5) is 12.0. The Morgan fingerprint density at radius 3 is 2.00 bits per heavy atom. The Morgan fingerprint density at radius 1 is 0.966 bits per heavy atom. The Bertz CT molecular complexity index is 538. The highest BCUT2D eigenvalue weighted by Crippen LogP contribution is 2.40. The van der Waals surface area contributed by atoms with E-state index in [2.05, 4.69) is 73.0 Å². The SMILES string of the molecule is CCOC(=O)C[C@H]1CC[C@H](O[Si](C)(C)C(C)(C)C)[C@@H](CO[Si](C)(C)C(C)(C)C)N1. The molecule has 0 radical (unpaired) electrons. The Kier molecular flexibility index (Phi) is 9.19. The molecule has 0 spiro atoms. The summed E-state index contributed by atoms with van der Waals surface area (Å²) in [5.74, 6) is -0.127. The van der Waals surface area contributed by atoms with Crippen LogP contribution in [-0.2, 0) is 18.4 Å². The van der Waals surface area contributed by atoms with E-state index in [1.807, 2.05) is 6.92 Å². The molecule has 1 saturated heterocycles. The summed E-state index contributed by atoms with van der Waals surface area (Å²) in [5.41, 5.74) is 0. The van der Waals surface area contributed by atoms with E-state index in [0.29, 0.717) is 19.6 Å². The summed E-state index contributed by atoms with van der Waals surface area (Å²) in [7, 11) is -3.74. The third-order valence-corrected chi connectivity index (χ3v) is 16.1. The molecule has 0 aromatic carbocycles. The molecule has 0 amide bonds. The second-order valence-corrected chi connectivity index (χ2v) is 21.1. The minimum absolute atomic E-state index is 0.103. The zero-order valence-electron chi connectivity index (χ0n) is 20.9. The molecule has 0 aromatic heterocycles. The average Bonchev–Trinajstić information content (AvgIpc) is 2.52. The van der Waals surface area contributed by atoms with Crippen LogP contribution < -0.4 is 5.32 Å². The molecule has 1 rings (SSSR count). The van der Waals surface area contributed by atoms with Crippen molar-refractivity contribution in [3.8, 4) is 0 Å². The fourth-order valence-electron chi connectivity index (χ4n) is 3.01. The van der Waals surface area contributed by atoms with Crippen LogP contribution in [0.5, 0.6) is 0 Å². The fourth-order valence-corrected chi connectivity index (χ4v) is 5.43. The van der Waals surface area contributed by atoms with Crippen LogP contribution in [0.3, 0.4) is 0 Å². The van der Waals surface area contributed by atoms with E-state index in [1.54, 1.807) is 0 Å². The lowest BCUT2D eigenvalue weighted by molar-refractivity contribution is -0.144.